The molecule has 2 aromatic carbocycles. The van der Waals surface area contributed by atoms with Gasteiger partial charge >= 0.3 is 0 Å². The third kappa shape index (κ3) is 5.51. The molecule has 2 aromatic rings. The standard InChI is InChI=1S/C20H19N3O6S/c24-19(15-6-8-17(9-7-15)23(26)27)22-18(12-14-4-2-1-3-5-14)20(25)21-16-10-11-30(28,29)13-16/h1-9,12,16H,10-11,13H2,(H,21,25)(H,22,24)/b18-12-/t16-/m0/s1. The Hall–Kier alpha value is -3.53. The summed E-state index contributed by atoms with van der Waals surface area (Å²) in [4.78, 5) is 35.5. The van der Waals surface area contributed by atoms with Crippen LogP contribution in [0.25, 0.3) is 6.08 Å². The van der Waals surface area contributed by atoms with Gasteiger partial charge < -0.3 is 10.6 Å². The lowest BCUT2D eigenvalue weighted by Gasteiger charge is -2.14. The van der Waals surface area contributed by atoms with Gasteiger partial charge in [0.15, 0.2) is 9.84 Å². The van der Waals surface area contributed by atoms with Gasteiger partial charge in [0, 0.05) is 23.7 Å². The molecule has 2 amide bonds. The number of sulfone groups is 1. The summed E-state index contributed by atoms with van der Waals surface area (Å²) in [5.74, 6) is -1.38. The molecule has 0 aliphatic carbocycles. The van der Waals surface area contributed by atoms with Gasteiger partial charge in [0.05, 0.1) is 16.4 Å². The molecule has 30 heavy (non-hydrogen) atoms. The summed E-state index contributed by atoms with van der Waals surface area (Å²) in [6.07, 6.45) is 1.78. The molecule has 0 aromatic heterocycles. The van der Waals surface area contributed by atoms with Crippen LogP contribution in [-0.4, -0.2) is 42.7 Å². The maximum Gasteiger partial charge on any atom is 0.269 e. The fourth-order valence-corrected chi connectivity index (χ4v) is 4.65. The van der Waals surface area contributed by atoms with Gasteiger partial charge in [-0.2, -0.15) is 0 Å². The van der Waals surface area contributed by atoms with Gasteiger partial charge in [-0.3, -0.25) is 19.7 Å². The van der Waals surface area contributed by atoms with E-state index >= 15 is 0 Å². The Labute approximate surface area is 172 Å². The molecule has 1 heterocycles. The zero-order chi connectivity index (χ0) is 21.7. The van der Waals surface area contributed by atoms with Gasteiger partial charge in [0.25, 0.3) is 17.5 Å². The van der Waals surface area contributed by atoms with Gasteiger partial charge in [0.1, 0.15) is 5.70 Å². The number of nitrogens with zero attached hydrogens (tertiary/aromatic N) is 1. The monoisotopic (exact) mass is 429 g/mol. The summed E-state index contributed by atoms with van der Waals surface area (Å²) < 4.78 is 23.3. The van der Waals surface area contributed by atoms with E-state index in [9.17, 15) is 28.1 Å². The lowest BCUT2D eigenvalue weighted by Crippen LogP contribution is -2.41. The number of nitro benzene ring substituents is 1. The van der Waals surface area contributed by atoms with Crippen molar-refractivity contribution >= 4 is 33.4 Å². The second kappa shape index (κ2) is 8.87. The topological polar surface area (TPSA) is 135 Å². The van der Waals surface area contributed by atoms with Crippen molar-refractivity contribution in [1.82, 2.24) is 10.6 Å². The Morgan fingerprint density at radius 3 is 2.30 bits per heavy atom. The first-order valence-corrected chi connectivity index (χ1v) is 10.9. The highest BCUT2D eigenvalue weighted by molar-refractivity contribution is 7.91. The molecular formula is C20H19N3O6S. The molecule has 0 unspecified atom stereocenters. The van der Waals surface area contributed by atoms with Crippen LogP contribution < -0.4 is 10.6 Å². The van der Waals surface area contributed by atoms with E-state index < -0.39 is 32.6 Å². The first-order valence-electron chi connectivity index (χ1n) is 9.07. The smallest absolute Gasteiger partial charge is 0.269 e. The van der Waals surface area contributed by atoms with Crippen molar-refractivity contribution in [2.24, 2.45) is 0 Å². The number of benzene rings is 2. The molecule has 0 bridgehead atoms. The van der Waals surface area contributed by atoms with E-state index in [-0.39, 0.29) is 28.5 Å². The molecule has 9 nitrogen and oxygen atoms in total. The summed E-state index contributed by atoms with van der Waals surface area (Å²) in [5.41, 5.74) is 0.571. The SMILES string of the molecule is O=C(N[C@H]1CCS(=O)(=O)C1)/C(=C/c1ccccc1)NC(=O)c1ccc([N+](=O)[O-])cc1. The first-order chi connectivity index (χ1) is 14.2. The number of hydrogen-bond donors (Lipinski definition) is 2. The van der Waals surface area contributed by atoms with Crippen molar-refractivity contribution in [3.8, 4) is 0 Å². The molecule has 1 aliphatic rings. The molecule has 2 N–H and O–H groups in total. The highest BCUT2D eigenvalue weighted by Gasteiger charge is 2.30. The van der Waals surface area contributed by atoms with Crippen molar-refractivity contribution in [2.45, 2.75) is 12.5 Å². The van der Waals surface area contributed by atoms with Gasteiger partial charge in [-0.1, -0.05) is 30.3 Å². The van der Waals surface area contributed by atoms with E-state index in [0.29, 0.717) is 12.0 Å². The lowest BCUT2D eigenvalue weighted by atomic mass is 10.1. The highest BCUT2D eigenvalue weighted by Crippen LogP contribution is 2.14. The summed E-state index contributed by atoms with van der Waals surface area (Å²) in [5, 5.41) is 15.9. The molecule has 1 atom stereocenters. The van der Waals surface area contributed by atoms with Gasteiger partial charge in [-0.15, -0.1) is 0 Å². The minimum atomic E-state index is -3.18. The number of rotatable bonds is 6. The first kappa shape index (κ1) is 21.2. The van der Waals surface area contributed by atoms with E-state index in [1.54, 1.807) is 30.3 Å². The molecule has 0 radical (unpaired) electrons. The van der Waals surface area contributed by atoms with E-state index in [0.717, 1.165) is 0 Å². The largest absolute Gasteiger partial charge is 0.347 e. The van der Waals surface area contributed by atoms with Crippen LogP contribution in [0.15, 0.2) is 60.3 Å². The Morgan fingerprint density at radius 2 is 1.73 bits per heavy atom. The van der Waals surface area contributed by atoms with E-state index in [1.165, 1.54) is 30.3 Å². The molecule has 10 heteroatoms. The normalized spacial score (nSPS) is 17.9. The van der Waals surface area contributed by atoms with Crippen LogP contribution in [0.3, 0.4) is 0 Å². The molecular weight excluding hydrogens is 410 g/mol. The molecule has 0 spiro atoms. The number of non-ortho nitro benzene ring substituents is 1. The number of carbonyl (C=O) groups excluding carboxylic acids is 2. The third-order valence-electron chi connectivity index (χ3n) is 4.51. The Morgan fingerprint density at radius 1 is 1.07 bits per heavy atom. The average Bonchev–Trinajstić information content (AvgIpc) is 3.06. The van der Waals surface area contributed by atoms with Crippen LogP contribution in [0.1, 0.15) is 22.3 Å². The predicted molar refractivity (Wildman–Crippen MR) is 110 cm³/mol. The summed E-state index contributed by atoms with van der Waals surface area (Å²) in [6.45, 7) is 0. The van der Waals surface area contributed by atoms with E-state index in [2.05, 4.69) is 10.6 Å². The number of nitro groups is 1. The zero-order valence-corrected chi connectivity index (χ0v) is 16.6. The third-order valence-corrected chi connectivity index (χ3v) is 6.28. The van der Waals surface area contributed by atoms with Gasteiger partial charge in [-0.25, -0.2) is 8.42 Å². The minimum absolute atomic E-state index is 0.00480. The second-order valence-corrected chi connectivity index (χ2v) is 9.03. The number of carbonyl (C=O) groups is 2. The van der Waals surface area contributed by atoms with Crippen LogP contribution in [0.2, 0.25) is 0 Å². The predicted octanol–water partition coefficient (Wildman–Crippen LogP) is 1.67. The maximum atomic E-state index is 12.7. The van der Waals surface area contributed by atoms with Crippen molar-refractivity contribution in [2.75, 3.05) is 11.5 Å². The summed E-state index contributed by atoms with van der Waals surface area (Å²) in [6, 6.07) is 13.2. The van der Waals surface area contributed by atoms with E-state index in [1.807, 2.05) is 0 Å². The maximum absolute atomic E-state index is 12.7. The Kier molecular flexibility index (Phi) is 6.26. The van der Waals surface area contributed by atoms with Crippen molar-refractivity contribution < 1.29 is 22.9 Å². The van der Waals surface area contributed by atoms with E-state index in [4.69, 9.17) is 0 Å². The quantitative estimate of drug-likeness (QED) is 0.407. The van der Waals surface area contributed by atoms with Crippen molar-refractivity contribution in [3.63, 3.8) is 0 Å². The molecule has 1 aliphatic heterocycles. The molecule has 1 saturated heterocycles. The zero-order valence-electron chi connectivity index (χ0n) is 15.8. The molecule has 3 rings (SSSR count). The summed E-state index contributed by atoms with van der Waals surface area (Å²) >= 11 is 0. The summed E-state index contributed by atoms with van der Waals surface area (Å²) in [7, 11) is -3.18. The second-order valence-electron chi connectivity index (χ2n) is 6.80. The lowest BCUT2D eigenvalue weighted by molar-refractivity contribution is -0.384. The average molecular weight is 429 g/mol. The highest BCUT2D eigenvalue weighted by atomic mass is 32.2. The van der Waals surface area contributed by atoms with Crippen molar-refractivity contribution in [1.29, 1.82) is 0 Å². The minimum Gasteiger partial charge on any atom is -0.347 e. The van der Waals surface area contributed by atoms with Crippen molar-refractivity contribution in [3.05, 3.63) is 81.5 Å². The fraction of sp³-hybridized carbons (Fsp3) is 0.200. The van der Waals surface area contributed by atoms with Crippen LogP contribution in [-0.2, 0) is 14.6 Å². The fourth-order valence-electron chi connectivity index (χ4n) is 2.98. The van der Waals surface area contributed by atoms with Crippen LogP contribution in [0.5, 0.6) is 0 Å². The molecule has 1 fully saturated rings. The van der Waals surface area contributed by atoms with Crippen LogP contribution in [0, 0.1) is 10.1 Å². The van der Waals surface area contributed by atoms with Gasteiger partial charge in [-0.05, 0) is 30.2 Å². The Balaban J connectivity index is 1.80. The number of amides is 2. The van der Waals surface area contributed by atoms with Crippen LogP contribution in [0.4, 0.5) is 5.69 Å². The van der Waals surface area contributed by atoms with Crippen LogP contribution >= 0.6 is 0 Å². The number of hydrogen-bond acceptors (Lipinski definition) is 6. The van der Waals surface area contributed by atoms with Gasteiger partial charge in [0.2, 0.25) is 0 Å². The Bertz CT molecular complexity index is 1100. The molecule has 0 saturated carbocycles. The number of nitrogens with one attached hydrogen (secondary N) is 2. The molecule has 156 valence electrons.